The molecule has 3 rings (SSSR count). The van der Waals surface area contributed by atoms with Crippen molar-refractivity contribution in [3.63, 3.8) is 0 Å². The Morgan fingerprint density at radius 2 is 2.17 bits per heavy atom. The van der Waals surface area contributed by atoms with E-state index in [0.29, 0.717) is 22.9 Å². The van der Waals surface area contributed by atoms with Crippen molar-refractivity contribution in [2.24, 2.45) is 0 Å². The Hall–Kier alpha value is -2.05. The van der Waals surface area contributed by atoms with Crippen LogP contribution in [0.3, 0.4) is 0 Å². The van der Waals surface area contributed by atoms with Crippen molar-refractivity contribution in [1.82, 2.24) is 4.57 Å². The molecule has 0 radical (unpaired) electrons. The number of aliphatic carboxylic acids is 1. The van der Waals surface area contributed by atoms with E-state index in [1.807, 2.05) is 11.5 Å². The molecule has 4 nitrogen and oxygen atoms in total. The van der Waals surface area contributed by atoms with Gasteiger partial charge >= 0.3 is 5.97 Å². The van der Waals surface area contributed by atoms with Crippen molar-refractivity contribution in [2.75, 3.05) is 7.11 Å². The first-order chi connectivity index (χ1) is 11.4. The average Bonchev–Trinajstić information content (AvgIpc) is 3.03. The highest BCUT2D eigenvalue weighted by atomic mass is 35.5. The quantitative estimate of drug-likeness (QED) is 0.723. The van der Waals surface area contributed by atoms with Crippen molar-refractivity contribution in [3.8, 4) is 5.75 Å². The zero-order valence-corrected chi connectivity index (χ0v) is 14.7. The van der Waals surface area contributed by atoms with Crippen LogP contribution >= 0.6 is 22.9 Å². The molecular formula is C17H15ClFNO3S. The Morgan fingerprint density at radius 3 is 2.75 bits per heavy atom. The van der Waals surface area contributed by atoms with Crippen LogP contribution in [0.5, 0.6) is 5.75 Å². The van der Waals surface area contributed by atoms with Crippen LogP contribution < -0.4 is 4.74 Å². The lowest BCUT2D eigenvalue weighted by atomic mass is 10.1. The van der Waals surface area contributed by atoms with Gasteiger partial charge in [0.25, 0.3) is 0 Å². The maximum atomic E-state index is 13.3. The second kappa shape index (κ2) is 6.45. The molecule has 0 unspecified atom stereocenters. The van der Waals surface area contributed by atoms with Crippen LogP contribution in [0, 0.1) is 12.1 Å². The average molecular weight is 368 g/mol. The molecule has 0 aliphatic rings. The fourth-order valence-electron chi connectivity index (χ4n) is 2.87. The number of thiophene rings is 1. The third-order valence-corrected chi connectivity index (χ3v) is 5.15. The minimum Gasteiger partial charge on any atom is -0.495 e. The molecule has 0 spiro atoms. The van der Waals surface area contributed by atoms with E-state index in [9.17, 15) is 14.3 Å². The Balaban J connectivity index is 2.21. The lowest BCUT2D eigenvalue weighted by Gasteiger charge is -2.08. The second-order valence-electron chi connectivity index (χ2n) is 5.43. The molecule has 126 valence electrons. The second-order valence-corrected chi connectivity index (χ2v) is 6.96. The maximum absolute atomic E-state index is 13.3. The fourth-order valence-corrected chi connectivity index (χ4v) is 3.82. The van der Waals surface area contributed by atoms with Gasteiger partial charge in [-0.2, -0.15) is 4.39 Å². The van der Waals surface area contributed by atoms with E-state index >= 15 is 0 Å². The van der Waals surface area contributed by atoms with E-state index in [2.05, 4.69) is 0 Å². The topological polar surface area (TPSA) is 51.5 Å². The van der Waals surface area contributed by atoms with Crippen LogP contribution in [-0.4, -0.2) is 22.8 Å². The van der Waals surface area contributed by atoms with Gasteiger partial charge in [-0.3, -0.25) is 4.79 Å². The molecule has 0 saturated carbocycles. The molecule has 0 aliphatic carbocycles. The van der Waals surface area contributed by atoms with E-state index in [-0.39, 0.29) is 11.6 Å². The van der Waals surface area contributed by atoms with Crippen LogP contribution in [0.2, 0.25) is 5.02 Å². The van der Waals surface area contributed by atoms with E-state index in [0.717, 1.165) is 32.8 Å². The predicted molar refractivity (Wildman–Crippen MR) is 93.0 cm³/mol. The van der Waals surface area contributed by atoms with Gasteiger partial charge in [0.15, 0.2) is 5.13 Å². The van der Waals surface area contributed by atoms with Gasteiger partial charge in [-0.1, -0.05) is 11.6 Å². The van der Waals surface area contributed by atoms with Crippen LogP contribution in [0.25, 0.3) is 10.9 Å². The van der Waals surface area contributed by atoms with Gasteiger partial charge in [-0.05, 0) is 36.8 Å². The van der Waals surface area contributed by atoms with Gasteiger partial charge in [0, 0.05) is 16.0 Å². The van der Waals surface area contributed by atoms with Gasteiger partial charge in [-0.15, -0.1) is 11.3 Å². The van der Waals surface area contributed by atoms with Gasteiger partial charge in [-0.25, -0.2) is 0 Å². The minimum atomic E-state index is -0.909. The highest BCUT2D eigenvalue weighted by Gasteiger charge is 2.19. The van der Waals surface area contributed by atoms with Gasteiger partial charge in [0.2, 0.25) is 0 Å². The SMILES string of the molecule is COc1cc2c(CC(=O)O)c(C)n(Cc3ccc(F)s3)c2cc1Cl. The van der Waals surface area contributed by atoms with Crippen LogP contribution in [0.15, 0.2) is 24.3 Å². The van der Waals surface area contributed by atoms with Crippen molar-refractivity contribution in [1.29, 1.82) is 0 Å². The third-order valence-electron chi connectivity index (χ3n) is 4.00. The molecule has 24 heavy (non-hydrogen) atoms. The molecule has 1 N–H and O–H groups in total. The zero-order chi connectivity index (χ0) is 17.4. The summed E-state index contributed by atoms with van der Waals surface area (Å²) in [5.41, 5.74) is 2.35. The lowest BCUT2D eigenvalue weighted by Crippen LogP contribution is -2.04. The number of aromatic nitrogens is 1. The lowest BCUT2D eigenvalue weighted by molar-refractivity contribution is -0.136. The number of hydrogen-bond donors (Lipinski definition) is 1. The zero-order valence-electron chi connectivity index (χ0n) is 13.1. The third kappa shape index (κ3) is 2.99. The standard InChI is InChI=1S/C17H15ClFNO3S/c1-9-11(6-17(21)22)12-5-15(23-2)13(18)7-14(12)20(9)8-10-3-4-16(19)24-10/h3-5,7H,6,8H2,1-2H3,(H,21,22). The van der Waals surface area contributed by atoms with Crippen LogP contribution in [0.4, 0.5) is 4.39 Å². The molecular weight excluding hydrogens is 353 g/mol. The smallest absolute Gasteiger partial charge is 0.307 e. The highest BCUT2D eigenvalue weighted by Crippen LogP contribution is 2.35. The summed E-state index contributed by atoms with van der Waals surface area (Å²) < 4.78 is 20.5. The Labute approximate surface area is 147 Å². The first kappa shape index (κ1) is 16.8. The number of benzene rings is 1. The number of hydrogen-bond acceptors (Lipinski definition) is 3. The Morgan fingerprint density at radius 1 is 1.42 bits per heavy atom. The first-order valence-electron chi connectivity index (χ1n) is 7.22. The molecule has 0 saturated heterocycles. The monoisotopic (exact) mass is 367 g/mol. The van der Waals surface area contributed by atoms with Gasteiger partial charge in [0.05, 0.1) is 30.6 Å². The number of rotatable bonds is 5. The number of fused-ring (bicyclic) bond motifs is 1. The van der Waals surface area contributed by atoms with Crippen molar-refractivity contribution < 1.29 is 19.0 Å². The number of ether oxygens (including phenoxy) is 1. The van der Waals surface area contributed by atoms with Crippen molar-refractivity contribution in [3.05, 3.63) is 50.6 Å². The molecule has 0 bridgehead atoms. The summed E-state index contributed by atoms with van der Waals surface area (Å²) in [5.74, 6) is -0.414. The summed E-state index contributed by atoms with van der Waals surface area (Å²) >= 11 is 7.31. The highest BCUT2D eigenvalue weighted by molar-refractivity contribution is 7.10. The maximum Gasteiger partial charge on any atom is 0.307 e. The normalized spacial score (nSPS) is 11.2. The number of nitrogens with zero attached hydrogens (tertiary/aromatic N) is 1. The van der Waals surface area contributed by atoms with E-state index < -0.39 is 5.97 Å². The summed E-state index contributed by atoms with van der Waals surface area (Å²) in [6.07, 6.45) is -0.0983. The van der Waals surface area contributed by atoms with Crippen molar-refractivity contribution >= 4 is 39.8 Å². The molecule has 0 atom stereocenters. The van der Waals surface area contributed by atoms with E-state index in [4.69, 9.17) is 16.3 Å². The number of methoxy groups -OCH3 is 1. The summed E-state index contributed by atoms with van der Waals surface area (Å²) in [6, 6.07) is 6.68. The van der Waals surface area contributed by atoms with Crippen molar-refractivity contribution in [2.45, 2.75) is 19.9 Å². The summed E-state index contributed by atoms with van der Waals surface area (Å²) in [5, 5.41) is 10.2. The number of carboxylic acid groups (broad SMARTS) is 1. The Bertz CT molecular complexity index is 932. The molecule has 0 aliphatic heterocycles. The molecule has 2 heterocycles. The van der Waals surface area contributed by atoms with Crippen LogP contribution in [0.1, 0.15) is 16.1 Å². The molecule has 7 heteroatoms. The molecule has 3 aromatic rings. The van der Waals surface area contributed by atoms with Gasteiger partial charge in [0.1, 0.15) is 5.75 Å². The fraction of sp³-hybridized carbons (Fsp3) is 0.235. The van der Waals surface area contributed by atoms with Crippen LogP contribution in [-0.2, 0) is 17.8 Å². The number of halogens is 2. The molecule has 0 amide bonds. The summed E-state index contributed by atoms with van der Waals surface area (Å²) in [6.45, 7) is 2.32. The van der Waals surface area contributed by atoms with E-state index in [1.54, 1.807) is 18.2 Å². The molecule has 1 aromatic carbocycles. The first-order valence-corrected chi connectivity index (χ1v) is 8.41. The molecule has 0 fully saturated rings. The van der Waals surface area contributed by atoms with E-state index in [1.165, 1.54) is 13.2 Å². The summed E-state index contributed by atoms with van der Waals surface area (Å²) in [4.78, 5) is 12.1. The molecule has 2 aromatic heterocycles. The minimum absolute atomic E-state index is 0.0983. The predicted octanol–water partition coefficient (Wildman–Crippen LogP) is 4.49. The van der Waals surface area contributed by atoms with Gasteiger partial charge < -0.3 is 14.4 Å². The summed E-state index contributed by atoms with van der Waals surface area (Å²) in [7, 11) is 1.52. The Kier molecular flexibility index (Phi) is 4.51. The number of carbonyl (C=O) groups is 1. The number of carboxylic acids is 1. The largest absolute Gasteiger partial charge is 0.495 e.